The molecule has 18 heavy (non-hydrogen) atoms. The number of nitrogens with zero attached hydrogens (tertiary/aromatic N) is 1. The predicted octanol–water partition coefficient (Wildman–Crippen LogP) is 1.19. The Kier molecular flexibility index (Phi) is 6.32. The van der Waals surface area contributed by atoms with E-state index in [1.165, 1.54) is 0 Å². The van der Waals surface area contributed by atoms with Crippen molar-refractivity contribution in [1.82, 2.24) is 4.98 Å². The Hall–Kier alpha value is -1.46. The number of aryl methyl sites for hydroxylation is 1. The maximum absolute atomic E-state index is 11.2. The summed E-state index contributed by atoms with van der Waals surface area (Å²) in [5, 5.41) is 0. The van der Waals surface area contributed by atoms with Gasteiger partial charge in [-0.05, 0) is 25.5 Å². The van der Waals surface area contributed by atoms with Crippen LogP contribution >= 0.6 is 0 Å². The van der Waals surface area contributed by atoms with Crippen LogP contribution in [0, 0.1) is 6.92 Å². The van der Waals surface area contributed by atoms with E-state index in [0.717, 1.165) is 11.3 Å². The SMILES string of the molecule is CCOC(=O)C[C@@H](N)COCc1ccc(C)nc1. The Bertz CT molecular complexity index is 365. The molecule has 100 valence electrons. The molecule has 0 radical (unpaired) electrons. The van der Waals surface area contributed by atoms with Gasteiger partial charge < -0.3 is 15.2 Å². The first-order valence-electron chi connectivity index (χ1n) is 6.02. The van der Waals surface area contributed by atoms with E-state index in [1.807, 2.05) is 19.1 Å². The highest BCUT2D eigenvalue weighted by Gasteiger charge is 2.10. The minimum Gasteiger partial charge on any atom is -0.466 e. The van der Waals surface area contributed by atoms with Gasteiger partial charge in [0.05, 0.1) is 26.2 Å². The molecule has 0 saturated heterocycles. The van der Waals surface area contributed by atoms with Crippen molar-refractivity contribution in [2.45, 2.75) is 32.9 Å². The zero-order chi connectivity index (χ0) is 13.4. The van der Waals surface area contributed by atoms with Crippen LogP contribution in [0.3, 0.4) is 0 Å². The quantitative estimate of drug-likeness (QED) is 0.738. The number of hydrogen-bond acceptors (Lipinski definition) is 5. The Morgan fingerprint density at radius 2 is 2.28 bits per heavy atom. The minimum atomic E-state index is -0.331. The third-order valence-corrected chi connectivity index (χ3v) is 2.31. The molecule has 0 saturated carbocycles. The van der Waals surface area contributed by atoms with Crippen molar-refractivity contribution in [3.63, 3.8) is 0 Å². The third-order valence-electron chi connectivity index (χ3n) is 2.31. The van der Waals surface area contributed by atoms with Crippen molar-refractivity contribution < 1.29 is 14.3 Å². The monoisotopic (exact) mass is 252 g/mol. The molecule has 0 aliphatic heterocycles. The van der Waals surface area contributed by atoms with E-state index in [-0.39, 0.29) is 18.4 Å². The van der Waals surface area contributed by atoms with Crippen LogP contribution in [0.5, 0.6) is 0 Å². The van der Waals surface area contributed by atoms with E-state index in [0.29, 0.717) is 19.8 Å². The highest BCUT2D eigenvalue weighted by Crippen LogP contribution is 2.02. The molecule has 0 amide bonds. The summed E-state index contributed by atoms with van der Waals surface area (Å²) in [6, 6.07) is 3.55. The fourth-order valence-electron chi connectivity index (χ4n) is 1.40. The summed E-state index contributed by atoms with van der Waals surface area (Å²) in [4.78, 5) is 15.3. The highest BCUT2D eigenvalue weighted by molar-refractivity contribution is 5.70. The van der Waals surface area contributed by atoms with Crippen molar-refractivity contribution in [2.24, 2.45) is 5.73 Å². The molecule has 1 heterocycles. The topological polar surface area (TPSA) is 74.4 Å². The van der Waals surface area contributed by atoms with Crippen LogP contribution in [0.2, 0.25) is 0 Å². The summed E-state index contributed by atoms with van der Waals surface area (Å²) >= 11 is 0. The van der Waals surface area contributed by atoms with Gasteiger partial charge >= 0.3 is 5.97 Å². The standard InChI is InChI=1S/C13H20N2O3/c1-3-18-13(16)6-12(14)9-17-8-11-5-4-10(2)15-7-11/h4-5,7,12H,3,6,8-9,14H2,1-2H3/t12-/m1/s1. The third kappa shape index (κ3) is 5.75. The second kappa shape index (κ2) is 7.79. The molecule has 0 aromatic carbocycles. The Morgan fingerprint density at radius 3 is 2.89 bits per heavy atom. The second-order valence-electron chi connectivity index (χ2n) is 4.09. The molecule has 0 aliphatic carbocycles. The fourth-order valence-corrected chi connectivity index (χ4v) is 1.40. The van der Waals surface area contributed by atoms with Gasteiger partial charge in [-0.1, -0.05) is 6.07 Å². The normalized spacial score (nSPS) is 12.2. The van der Waals surface area contributed by atoms with Gasteiger partial charge in [-0.25, -0.2) is 0 Å². The van der Waals surface area contributed by atoms with E-state index >= 15 is 0 Å². The number of ether oxygens (including phenoxy) is 2. The molecule has 5 heteroatoms. The van der Waals surface area contributed by atoms with Crippen molar-refractivity contribution in [3.8, 4) is 0 Å². The summed E-state index contributed by atoms with van der Waals surface area (Å²) in [5.74, 6) is -0.286. The zero-order valence-corrected chi connectivity index (χ0v) is 10.9. The fraction of sp³-hybridized carbons (Fsp3) is 0.538. The Morgan fingerprint density at radius 1 is 1.50 bits per heavy atom. The molecule has 0 aliphatic rings. The number of pyridine rings is 1. The molecular formula is C13H20N2O3. The molecule has 5 nitrogen and oxygen atoms in total. The van der Waals surface area contributed by atoms with E-state index in [2.05, 4.69) is 4.98 Å². The van der Waals surface area contributed by atoms with E-state index < -0.39 is 0 Å². The second-order valence-corrected chi connectivity index (χ2v) is 4.09. The number of aromatic nitrogens is 1. The number of carbonyl (C=O) groups excluding carboxylic acids is 1. The molecule has 0 fully saturated rings. The number of hydrogen-bond donors (Lipinski definition) is 1. The lowest BCUT2D eigenvalue weighted by molar-refractivity contribution is -0.143. The maximum Gasteiger partial charge on any atom is 0.307 e. The summed E-state index contributed by atoms with van der Waals surface area (Å²) in [7, 11) is 0. The lowest BCUT2D eigenvalue weighted by atomic mass is 10.2. The number of carbonyl (C=O) groups is 1. The van der Waals surface area contributed by atoms with E-state index in [9.17, 15) is 4.79 Å². The Labute approximate surface area is 107 Å². The number of rotatable bonds is 7. The molecule has 0 bridgehead atoms. The summed E-state index contributed by atoms with van der Waals surface area (Å²) < 4.78 is 10.2. The van der Waals surface area contributed by atoms with Crippen molar-refractivity contribution in [2.75, 3.05) is 13.2 Å². The van der Waals surface area contributed by atoms with Crippen LogP contribution in [0.15, 0.2) is 18.3 Å². The maximum atomic E-state index is 11.2. The summed E-state index contributed by atoms with van der Waals surface area (Å²) in [6.45, 7) is 4.85. The largest absolute Gasteiger partial charge is 0.466 e. The lowest BCUT2D eigenvalue weighted by Crippen LogP contribution is -2.29. The van der Waals surface area contributed by atoms with Gasteiger partial charge in [0.25, 0.3) is 0 Å². The average Bonchev–Trinajstić information content (AvgIpc) is 2.32. The average molecular weight is 252 g/mol. The van der Waals surface area contributed by atoms with Crippen LogP contribution in [-0.4, -0.2) is 30.2 Å². The van der Waals surface area contributed by atoms with Gasteiger partial charge in [0.2, 0.25) is 0 Å². The van der Waals surface area contributed by atoms with Gasteiger partial charge in [0.1, 0.15) is 0 Å². The number of esters is 1. The van der Waals surface area contributed by atoms with Crippen LogP contribution in [0.4, 0.5) is 0 Å². The zero-order valence-electron chi connectivity index (χ0n) is 10.9. The summed E-state index contributed by atoms with van der Waals surface area (Å²) in [6.07, 6.45) is 1.95. The van der Waals surface area contributed by atoms with Gasteiger partial charge in [0, 0.05) is 17.9 Å². The van der Waals surface area contributed by atoms with Crippen molar-refractivity contribution in [1.29, 1.82) is 0 Å². The molecule has 1 rings (SSSR count). The molecule has 0 spiro atoms. The first-order valence-corrected chi connectivity index (χ1v) is 6.02. The molecular weight excluding hydrogens is 232 g/mol. The van der Waals surface area contributed by atoms with Crippen LogP contribution in [-0.2, 0) is 20.9 Å². The first kappa shape index (κ1) is 14.6. The van der Waals surface area contributed by atoms with Crippen LogP contribution in [0.1, 0.15) is 24.6 Å². The van der Waals surface area contributed by atoms with Crippen LogP contribution < -0.4 is 5.73 Å². The summed E-state index contributed by atoms with van der Waals surface area (Å²) in [5.41, 5.74) is 7.71. The lowest BCUT2D eigenvalue weighted by Gasteiger charge is -2.11. The van der Waals surface area contributed by atoms with Gasteiger partial charge in [-0.2, -0.15) is 0 Å². The molecule has 0 unspecified atom stereocenters. The van der Waals surface area contributed by atoms with Gasteiger partial charge in [0.15, 0.2) is 0 Å². The number of nitrogens with two attached hydrogens (primary N) is 1. The minimum absolute atomic E-state index is 0.181. The molecule has 2 N–H and O–H groups in total. The van der Waals surface area contributed by atoms with E-state index in [1.54, 1.807) is 13.1 Å². The predicted molar refractivity (Wildman–Crippen MR) is 67.9 cm³/mol. The van der Waals surface area contributed by atoms with E-state index in [4.69, 9.17) is 15.2 Å². The van der Waals surface area contributed by atoms with Crippen LogP contribution in [0.25, 0.3) is 0 Å². The molecule has 1 aromatic rings. The highest BCUT2D eigenvalue weighted by atomic mass is 16.5. The first-order chi connectivity index (χ1) is 8.61. The van der Waals surface area contributed by atoms with Gasteiger partial charge in [-0.15, -0.1) is 0 Å². The molecule has 1 aromatic heterocycles. The Balaban J connectivity index is 2.21. The van der Waals surface area contributed by atoms with Gasteiger partial charge in [-0.3, -0.25) is 9.78 Å². The van der Waals surface area contributed by atoms with Crippen molar-refractivity contribution >= 4 is 5.97 Å². The smallest absolute Gasteiger partial charge is 0.307 e. The molecule has 1 atom stereocenters. The van der Waals surface area contributed by atoms with Crippen molar-refractivity contribution in [3.05, 3.63) is 29.6 Å².